The van der Waals surface area contributed by atoms with Gasteiger partial charge in [-0.2, -0.15) is 9.61 Å². The van der Waals surface area contributed by atoms with Crippen molar-refractivity contribution in [3.05, 3.63) is 77.3 Å². The van der Waals surface area contributed by atoms with E-state index >= 15 is 4.39 Å². The fourth-order valence-electron chi connectivity index (χ4n) is 6.44. The van der Waals surface area contributed by atoms with E-state index in [4.69, 9.17) is 24.3 Å². The summed E-state index contributed by atoms with van der Waals surface area (Å²) < 4.78 is 36.3. The summed E-state index contributed by atoms with van der Waals surface area (Å²) in [5, 5.41) is 15.5. The standard InChI is InChI=1S/C37H43FN4O5/c1-22-18-27(38)32-26-12-8-11-25(20-26)28-21-30-39-24(3)31(33(35(43)44)47-36(4,5)6)34(42(30)40-28)41-15-13-37(7,14-16-41)45-17-9-10-23(2)46-29(32)19-22/h8-12,18-21,23,33H,13-17H2,1-7H3,(H,43,44)/b10-9-/t23-,33-/m0/s1. The van der Waals surface area contributed by atoms with Crippen molar-refractivity contribution in [1.82, 2.24) is 14.6 Å². The van der Waals surface area contributed by atoms with Crippen LogP contribution in [0.5, 0.6) is 5.75 Å². The van der Waals surface area contributed by atoms with Crippen molar-refractivity contribution in [3.63, 3.8) is 0 Å². The van der Waals surface area contributed by atoms with Gasteiger partial charge in [-0.3, -0.25) is 0 Å². The zero-order chi connectivity index (χ0) is 33.7. The Labute approximate surface area is 275 Å². The predicted octanol–water partition coefficient (Wildman–Crippen LogP) is 7.47. The van der Waals surface area contributed by atoms with Gasteiger partial charge in [-0.1, -0.05) is 24.3 Å². The highest BCUT2D eigenvalue weighted by Crippen LogP contribution is 2.40. The normalized spacial score (nSPS) is 21.4. The average Bonchev–Trinajstić information content (AvgIpc) is 3.41. The third-order valence-electron chi connectivity index (χ3n) is 8.78. The Bertz CT molecular complexity index is 1850. The van der Waals surface area contributed by atoms with Gasteiger partial charge in [0, 0.05) is 30.4 Å². The number of rotatable bonds is 3. The molecule has 0 spiro atoms. The molecule has 3 aliphatic rings. The number of anilines is 1. The first-order valence-electron chi connectivity index (χ1n) is 16.2. The maximum Gasteiger partial charge on any atom is 0.337 e. The van der Waals surface area contributed by atoms with E-state index in [9.17, 15) is 9.90 Å². The fraction of sp³-hybridized carbons (Fsp3) is 0.432. The van der Waals surface area contributed by atoms with Crippen molar-refractivity contribution >= 4 is 17.4 Å². The summed E-state index contributed by atoms with van der Waals surface area (Å²) in [5.74, 6) is -0.384. The van der Waals surface area contributed by atoms with Crippen molar-refractivity contribution < 1.29 is 28.5 Å². The van der Waals surface area contributed by atoms with E-state index in [1.54, 1.807) is 4.52 Å². The van der Waals surface area contributed by atoms with E-state index < -0.39 is 17.7 Å². The third kappa shape index (κ3) is 6.75. The van der Waals surface area contributed by atoms with Gasteiger partial charge in [0.1, 0.15) is 23.5 Å². The fourth-order valence-corrected chi connectivity index (χ4v) is 6.44. The number of aryl methyl sites for hydroxylation is 2. The number of carbonyl (C=O) groups is 1. The Morgan fingerprint density at radius 2 is 1.85 bits per heavy atom. The minimum atomic E-state index is -1.26. The second kappa shape index (κ2) is 12.4. The van der Waals surface area contributed by atoms with Crippen molar-refractivity contribution in [2.24, 2.45) is 0 Å². The lowest BCUT2D eigenvalue weighted by atomic mass is 9.92. The molecule has 0 aliphatic carbocycles. The molecule has 2 aromatic heterocycles. The summed E-state index contributed by atoms with van der Waals surface area (Å²) in [6, 6.07) is 12.8. The van der Waals surface area contributed by atoms with Crippen LogP contribution in [0, 0.1) is 19.7 Å². The largest absolute Gasteiger partial charge is 0.486 e. The number of fused-ring (bicyclic) bond motifs is 6. The molecule has 10 heteroatoms. The molecule has 7 rings (SSSR count). The van der Waals surface area contributed by atoms with Crippen LogP contribution in [0.1, 0.15) is 70.4 Å². The first-order valence-corrected chi connectivity index (χ1v) is 16.2. The molecule has 248 valence electrons. The van der Waals surface area contributed by atoms with Crippen LogP contribution in [0.3, 0.4) is 0 Å². The summed E-state index contributed by atoms with van der Waals surface area (Å²) in [4.78, 5) is 19.8. The first kappa shape index (κ1) is 32.7. The summed E-state index contributed by atoms with van der Waals surface area (Å²) in [6.45, 7) is 14.8. The number of aromatic nitrogens is 3. The highest BCUT2D eigenvalue weighted by atomic mass is 19.1. The lowest BCUT2D eigenvalue weighted by Gasteiger charge is -2.41. The van der Waals surface area contributed by atoms with Crippen LogP contribution in [0.2, 0.25) is 0 Å². The Morgan fingerprint density at radius 3 is 2.55 bits per heavy atom. The van der Waals surface area contributed by atoms with Crippen LogP contribution in [0.15, 0.2) is 54.6 Å². The third-order valence-corrected chi connectivity index (χ3v) is 8.78. The minimum absolute atomic E-state index is 0.320. The van der Waals surface area contributed by atoms with Crippen LogP contribution < -0.4 is 9.64 Å². The number of halogens is 1. The topological polar surface area (TPSA) is 98.4 Å². The summed E-state index contributed by atoms with van der Waals surface area (Å²) in [5.41, 5.74) is 3.64. The summed E-state index contributed by atoms with van der Waals surface area (Å²) in [6.07, 6.45) is 3.73. The predicted molar refractivity (Wildman–Crippen MR) is 180 cm³/mol. The molecule has 2 atom stereocenters. The molecular weight excluding hydrogens is 599 g/mol. The Balaban J connectivity index is 1.58. The van der Waals surface area contributed by atoms with Gasteiger partial charge >= 0.3 is 5.97 Å². The molecule has 0 amide bonds. The van der Waals surface area contributed by atoms with Gasteiger partial charge in [0.25, 0.3) is 0 Å². The molecule has 0 radical (unpaired) electrons. The number of hydrogen-bond donors (Lipinski definition) is 1. The molecule has 47 heavy (non-hydrogen) atoms. The second-order valence-corrected chi connectivity index (χ2v) is 13.9. The molecule has 9 nitrogen and oxygen atoms in total. The highest BCUT2D eigenvalue weighted by Gasteiger charge is 2.38. The van der Waals surface area contributed by atoms with Crippen LogP contribution in [0.4, 0.5) is 10.2 Å². The number of ether oxygens (including phenoxy) is 3. The van der Waals surface area contributed by atoms with Crippen molar-refractivity contribution in [2.45, 2.75) is 84.7 Å². The number of hydrogen-bond acceptors (Lipinski definition) is 7. The molecule has 4 aromatic rings. The zero-order valence-corrected chi connectivity index (χ0v) is 28.1. The van der Waals surface area contributed by atoms with Crippen molar-refractivity contribution in [3.8, 4) is 28.1 Å². The molecule has 0 unspecified atom stereocenters. The van der Waals surface area contributed by atoms with Crippen LogP contribution in [-0.2, 0) is 14.3 Å². The van der Waals surface area contributed by atoms with Gasteiger partial charge < -0.3 is 24.2 Å². The van der Waals surface area contributed by atoms with E-state index in [0.717, 1.165) is 24.0 Å². The van der Waals surface area contributed by atoms with E-state index in [2.05, 4.69) is 11.8 Å². The van der Waals surface area contributed by atoms with Gasteiger partial charge in [0.2, 0.25) is 0 Å². The Kier molecular flexibility index (Phi) is 8.61. The molecule has 1 saturated heterocycles. The van der Waals surface area contributed by atoms with Gasteiger partial charge in [-0.15, -0.1) is 0 Å². The lowest BCUT2D eigenvalue weighted by molar-refractivity contribution is -0.160. The summed E-state index contributed by atoms with van der Waals surface area (Å²) in [7, 11) is 0. The highest BCUT2D eigenvalue weighted by molar-refractivity contribution is 5.80. The van der Waals surface area contributed by atoms with Crippen LogP contribution >= 0.6 is 0 Å². The molecule has 1 fully saturated rings. The van der Waals surface area contributed by atoms with E-state index in [1.165, 1.54) is 6.07 Å². The Hall–Kier alpha value is -4.28. The molecule has 5 heterocycles. The van der Waals surface area contributed by atoms with Gasteiger partial charge in [-0.25, -0.2) is 14.2 Å². The van der Waals surface area contributed by atoms with Crippen molar-refractivity contribution in [2.75, 3.05) is 24.6 Å². The quantitative estimate of drug-likeness (QED) is 0.230. The molecule has 1 N–H and O–H groups in total. The molecule has 2 aromatic carbocycles. The number of carboxylic acids is 1. The molecular formula is C37H43FN4O5. The van der Waals surface area contributed by atoms with Gasteiger partial charge in [0.15, 0.2) is 11.8 Å². The van der Waals surface area contributed by atoms with Crippen LogP contribution in [-0.4, -0.2) is 62.7 Å². The van der Waals surface area contributed by atoms with Gasteiger partial charge in [0.05, 0.1) is 34.6 Å². The van der Waals surface area contributed by atoms with Crippen LogP contribution in [0.25, 0.3) is 28.0 Å². The maximum atomic E-state index is 15.7. The second-order valence-electron chi connectivity index (χ2n) is 13.9. The maximum absolute atomic E-state index is 15.7. The Morgan fingerprint density at radius 1 is 1.13 bits per heavy atom. The van der Waals surface area contributed by atoms with E-state index in [-0.39, 0.29) is 17.5 Å². The molecule has 6 bridgehead atoms. The summed E-state index contributed by atoms with van der Waals surface area (Å²) >= 11 is 0. The average molecular weight is 643 g/mol. The van der Waals surface area contributed by atoms with Crippen molar-refractivity contribution in [1.29, 1.82) is 0 Å². The number of carboxylic acid groups (broad SMARTS) is 1. The minimum Gasteiger partial charge on any atom is -0.486 e. The number of aliphatic carboxylic acids is 1. The van der Waals surface area contributed by atoms with E-state index in [0.29, 0.717) is 65.0 Å². The smallest absolute Gasteiger partial charge is 0.337 e. The SMILES string of the molecule is Cc1cc(F)c2c(c1)O[C@@H](C)/C=C\COC1(C)CCN(CC1)c1c([C@H](OC(C)(C)C)C(=O)O)c(C)nc3cc(nn13)-c1cccc-2c1. The molecule has 0 saturated carbocycles. The van der Waals surface area contributed by atoms with Gasteiger partial charge in [-0.05, 0) is 96.7 Å². The number of nitrogens with zero attached hydrogens (tertiary/aromatic N) is 4. The monoisotopic (exact) mass is 642 g/mol. The first-order chi connectivity index (χ1) is 22.2. The van der Waals surface area contributed by atoms with E-state index in [1.807, 2.05) is 90.1 Å². The zero-order valence-electron chi connectivity index (χ0n) is 28.1. The molecule has 3 aliphatic heterocycles. The number of benzene rings is 2. The number of piperidine rings is 1. The lowest BCUT2D eigenvalue weighted by Crippen LogP contribution is -2.45.